The van der Waals surface area contributed by atoms with Crippen molar-refractivity contribution in [2.24, 2.45) is 0 Å². The first-order valence-corrected chi connectivity index (χ1v) is 5.21. The van der Waals surface area contributed by atoms with Crippen LogP contribution >= 0.6 is 0 Å². The number of aliphatic hydroxyl groups excluding tert-OH is 1. The number of rotatable bonds is 4. The second kappa shape index (κ2) is 5.24. The SMILES string of the molecule is CC(NC(C)C(C)O)c1ccccc1F. The Morgan fingerprint density at radius 3 is 2.33 bits per heavy atom. The van der Waals surface area contributed by atoms with Crippen molar-refractivity contribution in [2.75, 3.05) is 0 Å². The summed E-state index contributed by atoms with van der Waals surface area (Å²) in [5.41, 5.74) is 0.630. The predicted octanol–water partition coefficient (Wildman–Crippen LogP) is 2.25. The Hall–Kier alpha value is -0.930. The van der Waals surface area contributed by atoms with E-state index in [9.17, 15) is 9.50 Å². The lowest BCUT2D eigenvalue weighted by atomic mass is 10.1. The molecule has 84 valence electrons. The largest absolute Gasteiger partial charge is 0.392 e. The Morgan fingerprint density at radius 2 is 1.80 bits per heavy atom. The van der Waals surface area contributed by atoms with E-state index < -0.39 is 6.10 Å². The number of benzene rings is 1. The van der Waals surface area contributed by atoms with Gasteiger partial charge in [-0.15, -0.1) is 0 Å². The summed E-state index contributed by atoms with van der Waals surface area (Å²) in [7, 11) is 0. The molecule has 0 heterocycles. The van der Waals surface area contributed by atoms with Crippen molar-refractivity contribution < 1.29 is 9.50 Å². The van der Waals surface area contributed by atoms with Crippen LogP contribution in [0.15, 0.2) is 24.3 Å². The van der Waals surface area contributed by atoms with Gasteiger partial charge in [-0.1, -0.05) is 18.2 Å². The number of hydrogen-bond acceptors (Lipinski definition) is 2. The normalized spacial score (nSPS) is 17.1. The highest BCUT2D eigenvalue weighted by Crippen LogP contribution is 2.16. The lowest BCUT2D eigenvalue weighted by Crippen LogP contribution is -2.37. The minimum Gasteiger partial charge on any atom is -0.392 e. The number of halogens is 1. The smallest absolute Gasteiger partial charge is 0.127 e. The van der Waals surface area contributed by atoms with Gasteiger partial charge in [0.1, 0.15) is 5.82 Å². The van der Waals surface area contributed by atoms with Crippen molar-refractivity contribution in [2.45, 2.75) is 39.0 Å². The summed E-state index contributed by atoms with van der Waals surface area (Å²) in [6, 6.07) is 6.52. The maximum atomic E-state index is 13.4. The van der Waals surface area contributed by atoms with Crippen LogP contribution in [0.5, 0.6) is 0 Å². The third kappa shape index (κ3) is 3.29. The molecule has 0 aliphatic rings. The van der Waals surface area contributed by atoms with Gasteiger partial charge in [-0.2, -0.15) is 0 Å². The molecule has 1 aromatic rings. The van der Waals surface area contributed by atoms with Gasteiger partial charge in [0.2, 0.25) is 0 Å². The summed E-state index contributed by atoms with van der Waals surface area (Å²) in [5, 5.41) is 12.5. The number of nitrogens with one attached hydrogen (secondary N) is 1. The summed E-state index contributed by atoms with van der Waals surface area (Å²) in [5.74, 6) is -0.213. The highest BCUT2D eigenvalue weighted by molar-refractivity contribution is 5.20. The van der Waals surface area contributed by atoms with Gasteiger partial charge in [0.25, 0.3) is 0 Å². The van der Waals surface area contributed by atoms with Crippen LogP contribution < -0.4 is 5.32 Å². The zero-order valence-corrected chi connectivity index (χ0v) is 9.37. The lowest BCUT2D eigenvalue weighted by Gasteiger charge is -2.22. The van der Waals surface area contributed by atoms with Crippen LogP contribution in [0.3, 0.4) is 0 Å². The molecule has 0 fully saturated rings. The van der Waals surface area contributed by atoms with E-state index in [1.165, 1.54) is 6.07 Å². The Kier molecular flexibility index (Phi) is 4.24. The van der Waals surface area contributed by atoms with Gasteiger partial charge < -0.3 is 10.4 Å². The molecule has 2 N–H and O–H groups in total. The summed E-state index contributed by atoms with van der Waals surface area (Å²) < 4.78 is 13.4. The molecule has 3 atom stereocenters. The maximum absolute atomic E-state index is 13.4. The standard InChI is InChI=1S/C12H18FNO/c1-8(10(3)15)14-9(2)11-6-4-5-7-12(11)13/h4-10,14-15H,1-3H3. The van der Waals surface area contributed by atoms with Gasteiger partial charge in [-0.25, -0.2) is 4.39 Å². The van der Waals surface area contributed by atoms with Crippen LogP contribution in [0.25, 0.3) is 0 Å². The van der Waals surface area contributed by atoms with E-state index in [4.69, 9.17) is 0 Å². The number of hydrogen-bond donors (Lipinski definition) is 2. The summed E-state index contributed by atoms with van der Waals surface area (Å²) in [6.07, 6.45) is -0.445. The van der Waals surface area contributed by atoms with E-state index in [0.717, 1.165) is 0 Å². The van der Waals surface area contributed by atoms with Gasteiger partial charge in [0, 0.05) is 17.6 Å². The van der Waals surface area contributed by atoms with E-state index >= 15 is 0 Å². The lowest BCUT2D eigenvalue weighted by molar-refractivity contribution is 0.147. The molecule has 0 saturated carbocycles. The Morgan fingerprint density at radius 1 is 1.20 bits per heavy atom. The molecular formula is C12H18FNO. The average molecular weight is 211 g/mol. The second-order valence-electron chi connectivity index (χ2n) is 3.94. The summed E-state index contributed by atoms with van der Waals surface area (Å²) in [6.45, 7) is 5.48. The topological polar surface area (TPSA) is 32.3 Å². The van der Waals surface area contributed by atoms with Crippen LogP contribution in [0.2, 0.25) is 0 Å². The zero-order chi connectivity index (χ0) is 11.4. The Bertz CT molecular complexity index is 314. The van der Waals surface area contributed by atoms with Gasteiger partial charge >= 0.3 is 0 Å². The minimum atomic E-state index is -0.445. The Balaban J connectivity index is 2.69. The third-order valence-electron chi connectivity index (χ3n) is 2.61. The van der Waals surface area contributed by atoms with E-state index in [2.05, 4.69) is 5.32 Å². The number of aliphatic hydroxyl groups is 1. The van der Waals surface area contributed by atoms with E-state index in [1.807, 2.05) is 19.9 Å². The maximum Gasteiger partial charge on any atom is 0.127 e. The molecule has 1 aromatic carbocycles. The average Bonchev–Trinajstić information content (AvgIpc) is 2.18. The molecule has 15 heavy (non-hydrogen) atoms. The van der Waals surface area contributed by atoms with Crippen molar-refractivity contribution in [1.29, 1.82) is 0 Å². The summed E-state index contributed by atoms with van der Waals surface area (Å²) >= 11 is 0. The third-order valence-corrected chi connectivity index (χ3v) is 2.61. The fourth-order valence-electron chi connectivity index (χ4n) is 1.45. The molecule has 0 saturated heterocycles. The van der Waals surface area contributed by atoms with Crippen LogP contribution in [0.1, 0.15) is 32.4 Å². The van der Waals surface area contributed by atoms with Crippen molar-refractivity contribution in [1.82, 2.24) is 5.32 Å². The summed E-state index contributed by atoms with van der Waals surface area (Å²) in [4.78, 5) is 0. The molecule has 2 nitrogen and oxygen atoms in total. The predicted molar refractivity (Wildman–Crippen MR) is 59.1 cm³/mol. The van der Waals surface area contributed by atoms with Crippen molar-refractivity contribution in [3.05, 3.63) is 35.6 Å². The van der Waals surface area contributed by atoms with Crippen LogP contribution in [-0.2, 0) is 0 Å². The molecule has 3 heteroatoms. The van der Waals surface area contributed by atoms with E-state index in [1.54, 1.807) is 19.1 Å². The molecule has 0 aliphatic carbocycles. The monoisotopic (exact) mass is 211 g/mol. The van der Waals surface area contributed by atoms with Crippen LogP contribution in [0, 0.1) is 5.82 Å². The molecule has 0 bridgehead atoms. The van der Waals surface area contributed by atoms with Crippen molar-refractivity contribution >= 4 is 0 Å². The first kappa shape index (κ1) is 12.1. The van der Waals surface area contributed by atoms with Gasteiger partial charge in [0.15, 0.2) is 0 Å². The zero-order valence-electron chi connectivity index (χ0n) is 9.37. The molecule has 3 unspecified atom stereocenters. The first-order valence-electron chi connectivity index (χ1n) is 5.21. The second-order valence-corrected chi connectivity index (χ2v) is 3.94. The van der Waals surface area contributed by atoms with Gasteiger partial charge in [-0.3, -0.25) is 0 Å². The molecule has 0 aromatic heterocycles. The molecular weight excluding hydrogens is 193 g/mol. The van der Waals surface area contributed by atoms with E-state index in [0.29, 0.717) is 5.56 Å². The fourth-order valence-corrected chi connectivity index (χ4v) is 1.45. The molecule has 0 spiro atoms. The van der Waals surface area contributed by atoms with Crippen LogP contribution in [0.4, 0.5) is 4.39 Å². The van der Waals surface area contributed by atoms with Crippen molar-refractivity contribution in [3.63, 3.8) is 0 Å². The minimum absolute atomic E-state index is 0.0559. The highest BCUT2D eigenvalue weighted by Gasteiger charge is 2.15. The first-order chi connectivity index (χ1) is 7.02. The van der Waals surface area contributed by atoms with Crippen molar-refractivity contribution in [3.8, 4) is 0 Å². The molecule has 0 radical (unpaired) electrons. The molecule has 0 aliphatic heterocycles. The molecule has 0 amide bonds. The molecule has 1 rings (SSSR count). The Labute approximate surface area is 90.1 Å². The van der Waals surface area contributed by atoms with E-state index in [-0.39, 0.29) is 17.9 Å². The van der Waals surface area contributed by atoms with Gasteiger partial charge in [-0.05, 0) is 26.8 Å². The van der Waals surface area contributed by atoms with Gasteiger partial charge in [0.05, 0.1) is 6.10 Å². The fraction of sp³-hybridized carbons (Fsp3) is 0.500. The van der Waals surface area contributed by atoms with Crippen LogP contribution in [-0.4, -0.2) is 17.3 Å². The quantitative estimate of drug-likeness (QED) is 0.800. The highest BCUT2D eigenvalue weighted by atomic mass is 19.1.